The molecule has 1 saturated heterocycles. The van der Waals surface area contributed by atoms with Gasteiger partial charge in [0.15, 0.2) is 0 Å². The number of allylic oxidation sites excluding steroid dienone is 1. The number of nitrogens with zero attached hydrogens (tertiary/aromatic N) is 2. The van der Waals surface area contributed by atoms with Crippen LogP contribution < -0.4 is 24.8 Å². The van der Waals surface area contributed by atoms with Crippen molar-refractivity contribution < 1.29 is 67.3 Å². The Hall–Kier alpha value is -4.61. The van der Waals surface area contributed by atoms with Gasteiger partial charge in [0.25, 0.3) is 5.91 Å². The van der Waals surface area contributed by atoms with E-state index in [4.69, 9.17) is 21.8 Å². The van der Waals surface area contributed by atoms with Gasteiger partial charge in [-0.2, -0.15) is 13.2 Å². The zero-order chi connectivity index (χ0) is 49.2. The van der Waals surface area contributed by atoms with Crippen molar-refractivity contribution in [1.29, 1.82) is 0 Å². The molecule has 6 rings (SSSR count). The van der Waals surface area contributed by atoms with Gasteiger partial charge in [0.1, 0.15) is 29.5 Å². The number of ether oxygens (including phenoxy) is 3. The van der Waals surface area contributed by atoms with E-state index in [1.165, 1.54) is 26.0 Å². The summed E-state index contributed by atoms with van der Waals surface area (Å²) < 4.78 is 155. The minimum absolute atomic E-state index is 0.0367. The smallest absolute Gasteiger partial charge is 0.427 e. The minimum Gasteiger partial charge on any atom is -0.494 e. The third-order valence-corrected chi connectivity index (χ3v) is 13.4. The number of hydrogen-bond acceptors (Lipinski definition) is 10. The molecule has 0 bridgehead atoms. The molecule has 3 heterocycles. The molecule has 0 unspecified atom stereocenters. The fourth-order valence-corrected chi connectivity index (χ4v) is 8.74. The topological polar surface area (TPSA) is 182 Å². The first kappa shape index (κ1) is 31.4. The molecule has 18 heteroatoms. The number of aromatic nitrogens is 1. The summed E-state index contributed by atoms with van der Waals surface area (Å²) in [7, 11) is -7.06. The lowest BCUT2D eigenvalue weighted by Gasteiger charge is -2.34. The maximum Gasteiger partial charge on any atom is 0.427 e. The predicted molar refractivity (Wildman–Crippen MR) is 201 cm³/mol. The number of nitrogens with one attached hydrogen (secondary N) is 3. The number of halogens is 3. The first-order valence-electron chi connectivity index (χ1n) is 22.9. The van der Waals surface area contributed by atoms with Gasteiger partial charge in [0.2, 0.25) is 33.3 Å². The van der Waals surface area contributed by atoms with Crippen LogP contribution in [0.25, 0.3) is 10.8 Å². The number of fused-ring (bicyclic) bond motifs is 3. The number of carbonyl (C=O) groups is 4. The van der Waals surface area contributed by atoms with Gasteiger partial charge in [0, 0.05) is 31.3 Å². The number of methoxy groups -OCH3 is 1. The van der Waals surface area contributed by atoms with Crippen molar-refractivity contribution in [1.82, 2.24) is 25.2 Å². The summed E-state index contributed by atoms with van der Waals surface area (Å²) in [6.07, 6.45) is -4.00. The Kier molecular flexibility index (Phi) is 8.42. The molecule has 1 aromatic heterocycles. The van der Waals surface area contributed by atoms with Crippen LogP contribution in [-0.2, 0) is 29.1 Å². The summed E-state index contributed by atoms with van der Waals surface area (Å²) in [5.41, 5.74) is -6.86. The molecule has 2 aliphatic heterocycles. The van der Waals surface area contributed by atoms with Crippen LogP contribution in [-0.4, -0.2) is 96.0 Å². The summed E-state index contributed by atoms with van der Waals surface area (Å²) in [5, 5.41) is 5.15. The zero-order valence-corrected chi connectivity index (χ0v) is 32.1. The van der Waals surface area contributed by atoms with Crippen LogP contribution in [0.4, 0.5) is 18.0 Å². The van der Waals surface area contributed by atoms with E-state index in [0.717, 1.165) is 11.1 Å². The lowest BCUT2D eigenvalue weighted by molar-refractivity contribution is -0.244. The number of alkyl carbamates (subject to hydrolysis) is 1. The number of rotatable bonds is 8. The van der Waals surface area contributed by atoms with Gasteiger partial charge in [-0.1, -0.05) is 44.2 Å². The number of carbonyl (C=O) groups excluding carboxylic acids is 4. The van der Waals surface area contributed by atoms with E-state index in [9.17, 15) is 40.8 Å². The molecule has 57 heavy (non-hydrogen) atoms. The molecule has 3 N–H and O–H groups in total. The van der Waals surface area contributed by atoms with Gasteiger partial charge in [0.05, 0.1) is 28.6 Å². The monoisotopic (exact) mass is 830 g/mol. The molecular weight excluding hydrogens is 772 g/mol. The maximum atomic E-state index is 14.9. The summed E-state index contributed by atoms with van der Waals surface area (Å²) in [6, 6.07) is 2.73. The maximum absolute atomic E-state index is 14.9. The average molecular weight is 831 g/mol. The van der Waals surface area contributed by atoms with Crippen LogP contribution in [0.3, 0.4) is 0 Å². The van der Waals surface area contributed by atoms with E-state index in [-0.39, 0.29) is 47.6 Å². The summed E-state index contributed by atoms with van der Waals surface area (Å²) in [4.78, 5) is 62.2. The van der Waals surface area contributed by atoms with E-state index in [0.29, 0.717) is 25.7 Å². The number of hydrogen-bond donors (Lipinski definition) is 3. The van der Waals surface area contributed by atoms with Crippen molar-refractivity contribution >= 4 is 44.6 Å². The number of amides is 4. The third-order valence-electron chi connectivity index (χ3n) is 11.3. The highest BCUT2D eigenvalue weighted by molar-refractivity contribution is 7.91. The molecule has 4 amide bonds. The zero-order valence-electron chi connectivity index (χ0n) is 40.3. The molecule has 312 valence electrons. The van der Waals surface area contributed by atoms with Crippen LogP contribution in [0.2, 0.25) is 0 Å². The summed E-state index contributed by atoms with van der Waals surface area (Å²) >= 11 is 0. The minimum atomic E-state index is -6.18. The van der Waals surface area contributed by atoms with Crippen molar-refractivity contribution in [3.63, 3.8) is 0 Å². The molecule has 0 radical (unpaired) electrons. The van der Waals surface area contributed by atoms with Gasteiger partial charge in [-0.25, -0.2) is 18.2 Å². The lowest BCUT2D eigenvalue weighted by atomic mass is 9.88. The van der Waals surface area contributed by atoms with Crippen LogP contribution in [0.15, 0.2) is 42.6 Å². The van der Waals surface area contributed by atoms with Gasteiger partial charge in [-0.3, -0.25) is 19.1 Å². The van der Waals surface area contributed by atoms with Crippen LogP contribution >= 0.6 is 0 Å². The molecule has 4 aliphatic rings. The largest absolute Gasteiger partial charge is 0.494 e. The second-order valence-electron chi connectivity index (χ2n) is 15.7. The van der Waals surface area contributed by atoms with Crippen molar-refractivity contribution in [2.24, 2.45) is 17.8 Å². The quantitative estimate of drug-likeness (QED) is 0.309. The van der Waals surface area contributed by atoms with E-state index < -0.39 is 113 Å². The third kappa shape index (κ3) is 8.51. The van der Waals surface area contributed by atoms with Gasteiger partial charge in [-0.15, -0.1) is 0 Å². The van der Waals surface area contributed by atoms with E-state index >= 15 is 0 Å². The number of sulfonamides is 1. The van der Waals surface area contributed by atoms with E-state index in [1.807, 2.05) is 5.32 Å². The van der Waals surface area contributed by atoms with E-state index in [1.54, 1.807) is 31.2 Å². The SMILES string of the molecule is [2H]C([2H])([2H])Oc1cnc(O[C@@H]2C[C@H]3C(=O)N[C@]4(C(=O)NS(=O)(=O)C5(C)CC5)C[C@H]4/C=C\CC[C@H](C)C[C@@H](C)[C@H](NC(=O)OC(C([2H])([2H])[2H])(C([2H])([2H])[2H])C(F)(F)F)C(=O)N3C2)c2ccccc12. The number of alkyl halides is 3. The Morgan fingerprint density at radius 3 is 2.49 bits per heavy atom. The molecule has 2 saturated carbocycles. The summed E-state index contributed by atoms with van der Waals surface area (Å²) in [5.74, 6) is -5.35. The number of pyridine rings is 1. The molecule has 2 aromatic rings. The normalized spacial score (nSPS) is 32.7. The Balaban J connectivity index is 1.40. The Morgan fingerprint density at radius 1 is 1.11 bits per heavy atom. The molecule has 2 aliphatic carbocycles. The Morgan fingerprint density at radius 2 is 1.82 bits per heavy atom. The molecule has 3 fully saturated rings. The summed E-state index contributed by atoms with van der Waals surface area (Å²) in [6.45, 7) is -4.80. The second-order valence-corrected chi connectivity index (χ2v) is 17.9. The molecule has 1 aromatic carbocycles. The van der Waals surface area contributed by atoms with Crippen molar-refractivity contribution in [3.8, 4) is 11.6 Å². The van der Waals surface area contributed by atoms with Crippen molar-refractivity contribution in [2.75, 3.05) is 13.6 Å². The average Bonchev–Trinajstić information content (AvgIpc) is 4.06. The Labute approximate surface area is 342 Å². The fourth-order valence-electron chi connectivity index (χ4n) is 7.42. The molecule has 7 atom stereocenters. The predicted octanol–water partition coefficient (Wildman–Crippen LogP) is 4.91. The standard InChI is InChI=1S/C39H50F3N5O9S/c1-22-11-7-8-12-24-19-38(24,34(50)46-57(52,53)37(5)15-16-37)45-31(48)28-18-25(55-32-27-14-10-9-13-26(27)29(54-6)20-43-32)21-47(28)33(49)30(23(2)17-22)44-35(51)56-36(3,4)39(40,41)42/h8-10,12-14,20,22-25,28,30H,7,11,15-19,21H2,1-6H3,(H,44,51)(H,45,48)(H,46,50)/b12-8-/t22-,23+,24+,25+,28-,30-,38+/m0/s1/i3D3,4D3,6D3. The Bertz CT molecular complexity index is 2350. The molecular formula is C39H50F3N5O9S. The molecule has 0 spiro atoms. The van der Waals surface area contributed by atoms with E-state index in [2.05, 4.69) is 19.8 Å². The van der Waals surface area contributed by atoms with Crippen LogP contribution in [0.5, 0.6) is 11.6 Å². The highest BCUT2D eigenvalue weighted by Gasteiger charge is 2.63. The second kappa shape index (κ2) is 15.3. The van der Waals surface area contributed by atoms with Crippen molar-refractivity contribution in [3.05, 3.63) is 42.6 Å². The first-order chi connectivity index (χ1) is 30.3. The highest BCUT2D eigenvalue weighted by atomic mass is 32.2. The van der Waals surface area contributed by atoms with Crippen LogP contribution in [0, 0.1) is 17.8 Å². The fraction of sp³-hybridized carbons (Fsp3) is 0.615. The molecule has 14 nitrogen and oxygen atoms in total. The first-order valence-corrected chi connectivity index (χ1v) is 19.9. The van der Waals surface area contributed by atoms with Crippen molar-refractivity contribution in [2.45, 2.75) is 120 Å². The number of benzene rings is 1. The van der Waals surface area contributed by atoms with Gasteiger partial charge in [-0.05, 0) is 77.1 Å². The van der Waals surface area contributed by atoms with Gasteiger partial charge < -0.3 is 29.7 Å². The van der Waals surface area contributed by atoms with Crippen LogP contribution in [0.1, 0.15) is 91.8 Å². The lowest BCUT2D eigenvalue weighted by Crippen LogP contribution is -2.59. The van der Waals surface area contributed by atoms with Gasteiger partial charge >= 0.3 is 12.3 Å². The highest BCUT2D eigenvalue weighted by Crippen LogP contribution is 2.48.